The van der Waals surface area contributed by atoms with Gasteiger partial charge in [0.2, 0.25) is 0 Å². The molecule has 1 aliphatic heterocycles. The Balaban J connectivity index is 1.40. The third-order valence-corrected chi connectivity index (χ3v) is 6.17. The summed E-state index contributed by atoms with van der Waals surface area (Å²) < 4.78 is 5.64. The fraction of sp³-hybridized carbons (Fsp3) is 0.174. The third-order valence-electron chi connectivity index (χ3n) is 4.74. The second kappa shape index (κ2) is 8.20. The Morgan fingerprint density at radius 3 is 2.19 bits per heavy atom. The van der Waals surface area contributed by atoms with Gasteiger partial charge in [0.1, 0.15) is 6.10 Å². The SMILES string of the molecule is O=C1O[C@@H](c2ccc(-c3ccc(Cl)cc3)cc2)C[C@@H]1CSc1ccccc1. The summed E-state index contributed by atoms with van der Waals surface area (Å²) >= 11 is 7.66. The summed E-state index contributed by atoms with van der Waals surface area (Å²) in [6, 6.07) is 26.2. The van der Waals surface area contributed by atoms with Crippen molar-refractivity contribution in [1.82, 2.24) is 0 Å². The average molecular weight is 395 g/mol. The zero-order valence-electron chi connectivity index (χ0n) is 14.7. The molecule has 1 heterocycles. The minimum Gasteiger partial charge on any atom is -0.457 e. The molecular formula is C23H19ClO2S. The Bertz CT molecular complexity index is 907. The van der Waals surface area contributed by atoms with Gasteiger partial charge in [0.05, 0.1) is 5.92 Å². The fourth-order valence-corrected chi connectivity index (χ4v) is 4.37. The van der Waals surface area contributed by atoms with Gasteiger partial charge >= 0.3 is 5.97 Å². The van der Waals surface area contributed by atoms with E-state index in [1.807, 2.05) is 42.5 Å². The first-order valence-electron chi connectivity index (χ1n) is 8.93. The van der Waals surface area contributed by atoms with Gasteiger partial charge in [-0.1, -0.05) is 66.2 Å². The molecule has 0 N–H and O–H groups in total. The summed E-state index contributed by atoms with van der Waals surface area (Å²) in [7, 11) is 0. The maximum Gasteiger partial charge on any atom is 0.310 e. The number of thioether (sulfide) groups is 1. The standard InChI is InChI=1S/C23H19ClO2S/c24-20-12-10-17(11-13-20)16-6-8-18(9-7-16)22-14-19(23(25)26-22)15-27-21-4-2-1-3-5-21/h1-13,19,22H,14-15H2/t19-,22-/m1/s1. The summed E-state index contributed by atoms with van der Waals surface area (Å²) in [4.78, 5) is 13.4. The minimum absolute atomic E-state index is 0.0591. The molecule has 1 saturated heterocycles. The van der Waals surface area contributed by atoms with Gasteiger partial charge in [0.25, 0.3) is 0 Å². The molecule has 0 saturated carbocycles. The van der Waals surface area contributed by atoms with Crippen LogP contribution in [0.25, 0.3) is 11.1 Å². The van der Waals surface area contributed by atoms with Gasteiger partial charge in [-0.05, 0) is 41.0 Å². The van der Waals surface area contributed by atoms with Crippen molar-refractivity contribution < 1.29 is 9.53 Å². The molecular weight excluding hydrogens is 376 g/mol. The molecule has 4 rings (SSSR count). The molecule has 0 aliphatic carbocycles. The van der Waals surface area contributed by atoms with Gasteiger partial charge < -0.3 is 4.74 Å². The van der Waals surface area contributed by atoms with E-state index in [1.165, 1.54) is 4.90 Å². The van der Waals surface area contributed by atoms with Crippen molar-refractivity contribution in [1.29, 1.82) is 0 Å². The third kappa shape index (κ3) is 4.37. The molecule has 0 radical (unpaired) electrons. The highest BCUT2D eigenvalue weighted by Crippen LogP contribution is 2.37. The Labute approximate surface area is 168 Å². The number of cyclic esters (lactones) is 1. The summed E-state index contributed by atoms with van der Waals surface area (Å²) in [6.07, 6.45) is 0.581. The number of rotatable bonds is 5. The molecule has 136 valence electrons. The average Bonchev–Trinajstić information content (AvgIpc) is 3.09. The number of ether oxygens (including phenoxy) is 1. The van der Waals surface area contributed by atoms with E-state index in [0.717, 1.165) is 33.9 Å². The Morgan fingerprint density at radius 1 is 0.889 bits per heavy atom. The lowest BCUT2D eigenvalue weighted by molar-refractivity contribution is -0.144. The van der Waals surface area contributed by atoms with Crippen LogP contribution in [-0.2, 0) is 9.53 Å². The van der Waals surface area contributed by atoms with Crippen LogP contribution in [-0.4, -0.2) is 11.7 Å². The van der Waals surface area contributed by atoms with Crippen molar-refractivity contribution in [2.24, 2.45) is 5.92 Å². The van der Waals surface area contributed by atoms with Crippen molar-refractivity contribution in [2.45, 2.75) is 17.4 Å². The van der Waals surface area contributed by atoms with Crippen LogP contribution in [0.4, 0.5) is 0 Å². The largest absolute Gasteiger partial charge is 0.457 e. The van der Waals surface area contributed by atoms with Gasteiger partial charge in [-0.15, -0.1) is 11.8 Å². The zero-order valence-corrected chi connectivity index (χ0v) is 16.2. The molecule has 0 aromatic heterocycles. The fourth-order valence-electron chi connectivity index (χ4n) is 3.23. The summed E-state index contributed by atoms with van der Waals surface area (Å²) in [6.45, 7) is 0. The van der Waals surface area contributed by atoms with Crippen LogP contribution in [0, 0.1) is 5.92 Å². The first-order chi connectivity index (χ1) is 13.2. The van der Waals surface area contributed by atoms with E-state index in [0.29, 0.717) is 0 Å². The van der Waals surface area contributed by atoms with Gasteiger partial charge in [-0.2, -0.15) is 0 Å². The Kier molecular flexibility index (Phi) is 5.51. The van der Waals surface area contributed by atoms with E-state index in [9.17, 15) is 4.79 Å². The van der Waals surface area contributed by atoms with E-state index in [1.54, 1.807) is 11.8 Å². The van der Waals surface area contributed by atoms with Crippen molar-refractivity contribution in [3.63, 3.8) is 0 Å². The number of halogens is 1. The van der Waals surface area contributed by atoms with Crippen LogP contribution in [0.15, 0.2) is 83.8 Å². The second-order valence-electron chi connectivity index (χ2n) is 6.61. The van der Waals surface area contributed by atoms with E-state index in [4.69, 9.17) is 16.3 Å². The van der Waals surface area contributed by atoms with Crippen molar-refractivity contribution in [3.05, 3.63) is 89.4 Å². The molecule has 4 heteroatoms. The summed E-state index contributed by atoms with van der Waals surface area (Å²) in [5.41, 5.74) is 3.29. The van der Waals surface area contributed by atoms with Crippen molar-refractivity contribution in [3.8, 4) is 11.1 Å². The molecule has 3 aromatic carbocycles. The zero-order chi connectivity index (χ0) is 18.6. The highest BCUT2D eigenvalue weighted by molar-refractivity contribution is 7.99. The van der Waals surface area contributed by atoms with E-state index in [2.05, 4.69) is 36.4 Å². The molecule has 0 unspecified atom stereocenters. The number of hydrogen-bond donors (Lipinski definition) is 0. The van der Waals surface area contributed by atoms with Crippen LogP contribution in [0.3, 0.4) is 0 Å². The van der Waals surface area contributed by atoms with E-state index in [-0.39, 0.29) is 18.0 Å². The highest BCUT2D eigenvalue weighted by atomic mass is 35.5. The lowest BCUT2D eigenvalue weighted by Crippen LogP contribution is -2.09. The minimum atomic E-state index is -0.154. The maximum atomic E-state index is 12.3. The Morgan fingerprint density at radius 2 is 1.52 bits per heavy atom. The molecule has 27 heavy (non-hydrogen) atoms. The first kappa shape index (κ1) is 18.1. The lowest BCUT2D eigenvalue weighted by atomic mass is 9.98. The molecule has 1 aliphatic rings. The van der Waals surface area contributed by atoms with Gasteiger partial charge in [-0.3, -0.25) is 4.79 Å². The number of hydrogen-bond acceptors (Lipinski definition) is 3. The smallest absolute Gasteiger partial charge is 0.310 e. The molecule has 2 atom stereocenters. The second-order valence-corrected chi connectivity index (χ2v) is 8.14. The van der Waals surface area contributed by atoms with Crippen molar-refractivity contribution in [2.75, 3.05) is 5.75 Å². The van der Waals surface area contributed by atoms with Gasteiger partial charge in [0.15, 0.2) is 0 Å². The molecule has 0 spiro atoms. The van der Waals surface area contributed by atoms with Crippen LogP contribution in [0.5, 0.6) is 0 Å². The monoisotopic (exact) mass is 394 g/mol. The van der Waals surface area contributed by atoms with Crippen LogP contribution in [0.1, 0.15) is 18.1 Å². The predicted octanol–water partition coefficient (Wildman–Crippen LogP) is 6.40. The topological polar surface area (TPSA) is 26.3 Å². The quantitative estimate of drug-likeness (QED) is 0.369. The molecule has 0 bridgehead atoms. The molecule has 3 aromatic rings. The van der Waals surface area contributed by atoms with E-state index < -0.39 is 0 Å². The lowest BCUT2D eigenvalue weighted by Gasteiger charge is -2.10. The van der Waals surface area contributed by atoms with E-state index >= 15 is 0 Å². The van der Waals surface area contributed by atoms with Crippen LogP contribution >= 0.6 is 23.4 Å². The molecule has 0 amide bonds. The summed E-state index contributed by atoms with van der Waals surface area (Å²) in [5.74, 6) is 0.601. The predicted molar refractivity (Wildman–Crippen MR) is 111 cm³/mol. The number of carbonyl (C=O) groups excluding carboxylic acids is 1. The molecule has 2 nitrogen and oxygen atoms in total. The van der Waals surface area contributed by atoms with Gasteiger partial charge in [-0.25, -0.2) is 0 Å². The van der Waals surface area contributed by atoms with Gasteiger partial charge in [0, 0.05) is 22.1 Å². The normalized spacial score (nSPS) is 19.1. The van der Waals surface area contributed by atoms with Crippen molar-refractivity contribution >= 4 is 29.3 Å². The number of carbonyl (C=O) groups is 1. The Hall–Kier alpha value is -2.23. The van der Waals surface area contributed by atoms with Crippen LogP contribution < -0.4 is 0 Å². The first-order valence-corrected chi connectivity index (χ1v) is 10.3. The number of esters is 1. The van der Waals surface area contributed by atoms with Crippen LogP contribution in [0.2, 0.25) is 5.02 Å². The molecule has 1 fully saturated rings. The number of benzene rings is 3. The maximum absolute atomic E-state index is 12.3. The highest BCUT2D eigenvalue weighted by Gasteiger charge is 2.35. The summed E-state index contributed by atoms with van der Waals surface area (Å²) in [5, 5.41) is 0.729.